The largest absolute Gasteiger partial charge is 0.491 e. The minimum absolute atomic E-state index is 0.0497. The zero-order chi connectivity index (χ0) is 19.8. The second-order valence-corrected chi connectivity index (χ2v) is 8.28. The van der Waals surface area contributed by atoms with E-state index in [0.29, 0.717) is 24.2 Å². The van der Waals surface area contributed by atoms with Gasteiger partial charge in [0.1, 0.15) is 16.7 Å². The van der Waals surface area contributed by atoms with Gasteiger partial charge in [-0.25, -0.2) is 17.2 Å². The van der Waals surface area contributed by atoms with Crippen molar-refractivity contribution < 1.29 is 26.7 Å². The zero-order valence-electron chi connectivity index (χ0n) is 15.3. The van der Waals surface area contributed by atoms with E-state index < -0.39 is 27.4 Å². The van der Waals surface area contributed by atoms with Crippen LogP contribution in [0.15, 0.2) is 17.0 Å². The highest BCUT2D eigenvalue weighted by atomic mass is 32.2. The van der Waals surface area contributed by atoms with E-state index in [2.05, 4.69) is 14.9 Å². The Morgan fingerprint density at radius 3 is 2.26 bits per heavy atom. The molecule has 2 aromatic rings. The van der Waals surface area contributed by atoms with Crippen LogP contribution in [0.25, 0.3) is 0 Å². The van der Waals surface area contributed by atoms with E-state index in [0.717, 1.165) is 12.1 Å². The number of hydrogen-bond donors (Lipinski definition) is 1. The molecule has 10 heteroatoms. The van der Waals surface area contributed by atoms with Crippen molar-refractivity contribution in [3.63, 3.8) is 0 Å². The molecule has 0 bridgehead atoms. The number of H-pyrrole nitrogens is 1. The van der Waals surface area contributed by atoms with Crippen LogP contribution in [-0.2, 0) is 10.0 Å². The van der Waals surface area contributed by atoms with Gasteiger partial charge in [-0.05, 0) is 26.7 Å². The van der Waals surface area contributed by atoms with Gasteiger partial charge in [-0.2, -0.15) is 9.40 Å². The average molecular weight is 401 g/mol. The summed E-state index contributed by atoms with van der Waals surface area (Å²) in [5.41, 5.74) is 0.921. The summed E-state index contributed by atoms with van der Waals surface area (Å²) in [6, 6.07) is 2.12. The van der Waals surface area contributed by atoms with Gasteiger partial charge in [0.2, 0.25) is 10.0 Å². The third-order valence-corrected chi connectivity index (χ3v) is 6.70. The number of halogens is 2. The lowest BCUT2D eigenvalue weighted by Gasteiger charge is -2.31. The topological polar surface area (TPSA) is 84.5 Å². The molecule has 1 saturated heterocycles. The van der Waals surface area contributed by atoms with E-state index in [1.54, 1.807) is 13.8 Å². The summed E-state index contributed by atoms with van der Waals surface area (Å²) in [5.74, 6) is -2.11. The van der Waals surface area contributed by atoms with Gasteiger partial charge in [0.05, 0.1) is 18.5 Å². The lowest BCUT2D eigenvalue weighted by atomic mass is 10.1. The lowest BCUT2D eigenvalue weighted by Crippen LogP contribution is -2.42. The third kappa shape index (κ3) is 3.77. The summed E-state index contributed by atoms with van der Waals surface area (Å²) in [7, 11) is -2.47. The number of piperidine rings is 1. The van der Waals surface area contributed by atoms with Gasteiger partial charge in [0.15, 0.2) is 17.4 Å². The van der Waals surface area contributed by atoms with E-state index in [1.807, 2.05) is 0 Å². The minimum atomic E-state index is -3.65. The molecule has 0 aliphatic carbocycles. The Hall–Kier alpha value is -2.20. The van der Waals surface area contributed by atoms with Crippen LogP contribution in [0.1, 0.15) is 24.2 Å². The Labute approximate surface area is 156 Å². The normalized spacial score (nSPS) is 16.5. The van der Waals surface area contributed by atoms with Crippen LogP contribution < -0.4 is 9.47 Å². The average Bonchev–Trinajstić information content (AvgIpc) is 2.94. The molecule has 0 saturated carbocycles. The maximum Gasteiger partial charge on any atom is 0.246 e. The van der Waals surface area contributed by atoms with E-state index in [-0.39, 0.29) is 29.8 Å². The SMILES string of the molecule is COc1c(F)cc(OC2CCN(S(=O)(=O)c3c(C)n[nH]c3C)CC2)cc1F. The number of rotatable bonds is 5. The molecule has 0 amide bonds. The predicted molar refractivity (Wildman–Crippen MR) is 93.4 cm³/mol. The Balaban J connectivity index is 1.68. The molecule has 1 aromatic heterocycles. The van der Waals surface area contributed by atoms with Crippen molar-refractivity contribution in [1.82, 2.24) is 14.5 Å². The van der Waals surface area contributed by atoms with Gasteiger partial charge in [0, 0.05) is 25.2 Å². The Morgan fingerprint density at radius 1 is 1.19 bits per heavy atom. The zero-order valence-corrected chi connectivity index (χ0v) is 16.1. The molecule has 7 nitrogen and oxygen atoms in total. The van der Waals surface area contributed by atoms with Crippen LogP contribution in [0.5, 0.6) is 11.5 Å². The molecule has 1 fully saturated rings. The summed E-state index contributed by atoms with van der Waals surface area (Å²) in [5, 5.41) is 6.62. The van der Waals surface area contributed by atoms with E-state index in [9.17, 15) is 17.2 Å². The van der Waals surface area contributed by atoms with Crippen molar-refractivity contribution in [2.24, 2.45) is 0 Å². The molecule has 0 spiro atoms. The summed E-state index contributed by atoms with van der Waals surface area (Å²) in [6.07, 6.45) is 0.477. The molecular formula is C17H21F2N3O4S. The summed E-state index contributed by atoms with van der Waals surface area (Å²) < 4.78 is 64.9. The second kappa shape index (κ2) is 7.43. The van der Waals surface area contributed by atoms with Crippen LogP contribution in [-0.4, -0.2) is 49.2 Å². The van der Waals surface area contributed by atoms with E-state index >= 15 is 0 Å². The van der Waals surface area contributed by atoms with Crippen molar-refractivity contribution in [3.05, 3.63) is 35.2 Å². The molecule has 1 aliphatic heterocycles. The fraction of sp³-hybridized carbons (Fsp3) is 0.471. The fourth-order valence-corrected chi connectivity index (χ4v) is 5.03. The molecule has 1 aliphatic rings. The molecule has 0 unspecified atom stereocenters. The number of hydrogen-bond acceptors (Lipinski definition) is 5. The quantitative estimate of drug-likeness (QED) is 0.832. The molecule has 27 heavy (non-hydrogen) atoms. The van der Waals surface area contributed by atoms with Crippen molar-refractivity contribution in [2.75, 3.05) is 20.2 Å². The summed E-state index contributed by atoms with van der Waals surface area (Å²) >= 11 is 0. The number of nitrogens with zero attached hydrogens (tertiary/aromatic N) is 2. The number of aromatic nitrogens is 2. The number of aryl methyl sites for hydroxylation is 2. The van der Waals surface area contributed by atoms with Crippen molar-refractivity contribution >= 4 is 10.0 Å². The third-order valence-electron chi connectivity index (χ3n) is 4.54. The molecule has 2 heterocycles. The maximum absolute atomic E-state index is 13.8. The molecule has 1 N–H and O–H groups in total. The second-order valence-electron chi connectivity index (χ2n) is 6.40. The van der Waals surface area contributed by atoms with Crippen LogP contribution in [0.3, 0.4) is 0 Å². The van der Waals surface area contributed by atoms with Crippen LogP contribution >= 0.6 is 0 Å². The molecule has 0 radical (unpaired) electrons. The van der Waals surface area contributed by atoms with Crippen molar-refractivity contribution in [1.29, 1.82) is 0 Å². The molecule has 148 valence electrons. The number of ether oxygens (including phenoxy) is 2. The first-order valence-electron chi connectivity index (χ1n) is 8.45. The van der Waals surface area contributed by atoms with Crippen molar-refractivity contribution in [3.8, 4) is 11.5 Å². The van der Waals surface area contributed by atoms with E-state index in [1.165, 1.54) is 11.4 Å². The minimum Gasteiger partial charge on any atom is -0.491 e. The van der Waals surface area contributed by atoms with Gasteiger partial charge in [0.25, 0.3) is 0 Å². The number of aromatic amines is 1. The molecule has 1 aromatic carbocycles. The lowest BCUT2D eigenvalue weighted by molar-refractivity contribution is 0.134. The van der Waals surface area contributed by atoms with Gasteiger partial charge in [-0.15, -0.1) is 0 Å². The van der Waals surface area contributed by atoms with Gasteiger partial charge < -0.3 is 9.47 Å². The predicted octanol–water partition coefficient (Wildman–Crippen LogP) is 2.55. The highest BCUT2D eigenvalue weighted by Gasteiger charge is 2.33. The fourth-order valence-electron chi connectivity index (χ4n) is 3.23. The summed E-state index contributed by atoms with van der Waals surface area (Å²) in [4.78, 5) is 0.196. The molecule has 0 atom stereocenters. The summed E-state index contributed by atoms with van der Waals surface area (Å²) in [6.45, 7) is 3.80. The Morgan fingerprint density at radius 2 is 1.78 bits per heavy atom. The Bertz CT molecular complexity index is 895. The number of nitrogens with one attached hydrogen (secondary N) is 1. The molecule has 3 rings (SSSR count). The maximum atomic E-state index is 13.8. The smallest absolute Gasteiger partial charge is 0.246 e. The van der Waals surface area contributed by atoms with Crippen LogP contribution in [0.2, 0.25) is 0 Å². The molecular weight excluding hydrogens is 380 g/mol. The van der Waals surface area contributed by atoms with Gasteiger partial charge >= 0.3 is 0 Å². The first-order valence-corrected chi connectivity index (χ1v) is 9.89. The van der Waals surface area contributed by atoms with Crippen molar-refractivity contribution in [2.45, 2.75) is 37.7 Å². The number of benzene rings is 1. The van der Waals surface area contributed by atoms with E-state index in [4.69, 9.17) is 4.74 Å². The first kappa shape index (κ1) is 19.6. The monoisotopic (exact) mass is 401 g/mol. The highest BCUT2D eigenvalue weighted by molar-refractivity contribution is 7.89. The highest BCUT2D eigenvalue weighted by Crippen LogP contribution is 2.30. The Kier molecular flexibility index (Phi) is 5.38. The number of methoxy groups -OCH3 is 1. The van der Waals surface area contributed by atoms with Crippen LogP contribution in [0.4, 0.5) is 8.78 Å². The van der Waals surface area contributed by atoms with Gasteiger partial charge in [-0.1, -0.05) is 0 Å². The number of sulfonamides is 1. The standard InChI is InChI=1S/C17H21F2N3O4S/c1-10-17(11(2)21-20-10)27(23,24)22-6-4-12(5-7-22)26-13-8-14(18)16(25-3)15(19)9-13/h8-9,12H,4-7H2,1-3H3,(H,20,21). The van der Waals surface area contributed by atoms with Gasteiger partial charge in [-0.3, -0.25) is 5.10 Å². The van der Waals surface area contributed by atoms with Crippen LogP contribution in [0, 0.1) is 25.5 Å². The first-order chi connectivity index (χ1) is 12.7.